The Morgan fingerprint density at radius 1 is 1.35 bits per heavy atom. The van der Waals surface area contributed by atoms with Gasteiger partial charge in [-0.2, -0.15) is 5.26 Å². The molecule has 0 heterocycles. The van der Waals surface area contributed by atoms with Crippen molar-refractivity contribution in [3.63, 3.8) is 0 Å². The van der Waals surface area contributed by atoms with E-state index in [-0.39, 0.29) is 0 Å². The number of rotatable bonds is 5. The fourth-order valence-corrected chi connectivity index (χ4v) is 1.66. The minimum atomic E-state index is -0.698. The summed E-state index contributed by atoms with van der Waals surface area (Å²) < 4.78 is 0. The zero-order valence-corrected chi connectivity index (χ0v) is 10.7. The highest BCUT2D eigenvalue weighted by Crippen LogP contribution is 2.20. The highest BCUT2D eigenvalue weighted by atomic mass is 16.3. The first kappa shape index (κ1) is 13.5. The Hall–Kier alpha value is -1.53. The van der Waals surface area contributed by atoms with Crippen molar-refractivity contribution in [2.45, 2.75) is 39.2 Å². The fourth-order valence-electron chi connectivity index (χ4n) is 1.66. The van der Waals surface area contributed by atoms with Crippen LogP contribution in [0.15, 0.2) is 18.2 Å². The molecule has 0 unspecified atom stereocenters. The van der Waals surface area contributed by atoms with Crippen LogP contribution in [0.5, 0.6) is 0 Å². The Morgan fingerprint density at radius 3 is 2.53 bits per heavy atom. The van der Waals surface area contributed by atoms with Crippen LogP contribution in [0.2, 0.25) is 0 Å². The van der Waals surface area contributed by atoms with Gasteiger partial charge < -0.3 is 10.4 Å². The van der Waals surface area contributed by atoms with Crippen molar-refractivity contribution in [3.8, 4) is 6.07 Å². The second kappa shape index (κ2) is 5.70. The highest BCUT2D eigenvalue weighted by Gasteiger charge is 2.21. The van der Waals surface area contributed by atoms with E-state index in [2.05, 4.69) is 11.4 Å². The Balaban J connectivity index is 2.82. The number of nitriles is 1. The van der Waals surface area contributed by atoms with Gasteiger partial charge >= 0.3 is 0 Å². The van der Waals surface area contributed by atoms with E-state index in [9.17, 15) is 5.11 Å². The van der Waals surface area contributed by atoms with Crippen LogP contribution in [-0.4, -0.2) is 17.3 Å². The van der Waals surface area contributed by atoms with Crippen molar-refractivity contribution in [2.24, 2.45) is 0 Å². The van der Waals surface area contributed by atoms with Crippen LogP contribution in [0.1, 0.15) is 37.8 Å². The van der Waals surface area contributed by atoms with Gasteiger partial charge in [-0.25, -0.2) is 0 Å². The standard InChI is InChI=1S/C14H20N2O/c1-4-14(17,5-2)10-16-13-8-11(3)6-7-12(13)9-15/h6-8,16-17H,4-5,10H2,1-3H3. The summed E-state index contributed by atoms with van der Waals surface area (Å²) in [5, 5.41) is 22.4. The average molecular weight is 232 g/mol. The van der Waals surface area contributed by atoms with Crippen LogP contribution in [0.3, 0.4) is 0 Å². The quantitative estimate of drug-likeness (QED) is 0.820. The largest absolute Gasteiger partial charge is 0.388 e. The number of aryl methyl sites for hydroxylation is 1. The molecule has 1 aromatic rings. The molecule has 0 aliphatic rings. The molecule has 0 saturated heterocycles. The third-order valence-corrected chi connectivity index (χ3v) is 3.22. The van der Waals surface area contributed by atoms with E-state index in [0.29, 0.717) is 24.9 Å². The first-order valence-corrected chi connectivity index (χ1v) is 6.01. The first-order valence-electron chi connectivity index (χ1n) is 6.01. The molecular weight excluding hydrogens is 212 g/mol. The lowest BCUT2D eigenvalue weighted by atomic mass is 9.97. The van der Waals surface area contributed by atoms with Gasteiger partial charge in [-0.1, -0.05) is 19.9 Å². The van der Waals surface area contributed by atoms with Crippen LogP contribution in [-0.2, 0) is 0 Å². The van der Waals surface area contributed by atoms with Gasteiger partial charge in [-0.3, -0.25) is 0 Å². The maximum atomic E-state index is 10.2. The molecule has 2 N–H and O–H groups in total. The molecule has 0 atom stereocenters. The van der Waals surface area contributed by atoms with E-state index in [1.54, 1.807) is 6.07 Å². The zero-order valence-electron chi connectivity index (χ0n) is 10.7. The lowest BCUT2D eigenvalue weighted by molar-refractivity contribution is 0.0457. The van der Waals surface area contributed by atoms with Gasteiger partial charge in [0.15, 0.2) is 0 Å². The van der Waals surface area contributed by atoms with Gasteiger partial charge in [0, 0.05) is 6.54 Å². The van der Waals surface area contributed by atoms with Crippen LogP contribution >= 0.6 is 0 Å². The van der Waals surface area contributed by atoms with Crippen molar-refractivity contribution >= 4 is 5.69 Å². The molecule has 17 heavy (non-hydrogen) atoms. The summed E-state index contributed by atoms with van der Waals surface area (Å²) in [5.41, 5.74) is 1.82. The Morgan fingerprint density at radius 2 is 2.00 bits per heavy atom. The van der Waals surface area contributed by atoms with Gasteiger partial charge in [0.05, 0.1) is 16.9 Å². The zero-order chi connectivity index (χ0) is 12.9. The van der Waals surface area contributed by atoms with Crippen LogP contribution in [0, 0.1) is 18.3 Å². The van der Waals surface area contributed by atoms with Crippen molar-refractivity contribution in [1.29, 1.82) is 5.26 Å². The number of hydrogen-bond acceptors (Lipinski definition) is 3. The third-order valence-electron chi connectivity index (χ3n) is 3.22. The minimum Gasteiger partial charge on any atom is -0.388 e. The summed E-state index contributed by atoms with van der Waals surface area (Å²) >= 11 is 0. The summed E-state index contributed by atoms with van der Waals surface area (Å²) in [6.45, 7) is 6.38. The van der Waals surface area contributed by atoms with Crippen molar-refractivity contribution in [1.82, 2.24) is 0 Å². The van der Waals surface area contributed by atoms with Crippen LogP contribution < -0.4 is 5.32 Å². The molecule has 0 fully saturated rings. The minimum absolute atomic E-state index is 0.470. The van der Waals surface area contributed by atoms with E-state index in [1.165, 1.54) is 0 Å². The molecule has 0 aromatic heterocycles. The molecule has 3 nitrogen and oxygen atoms in total. The van der Waals surface area contributed by atoms with Gasteiger partial charge in [-0.15, -0.1) is 0 Å². The average Bonchev–Trinajstić information content (AvgIpc) is 2.36. The predicted octanol–water partition coefficient (Wildman–Crippen LogP) is 2.83. The topological polar surface area (TPSA) is 56.0 Å². The molecule has 1 aromatic carbocycles. The number of anilines is 1. The number of hydrogen-bond donors (Lipinski definition) is 2. The number of nitrogens with one attached hydrogen (secondary N) is 1. The van der Waals surface area contributed by atoms with E-state index < -0.39 is 5.60 Å². The lowest BCUT2D eigenvalue weighted by Crippen LogP contribution is -2.35. The molecule has 1 rings (SSSR count). The molecule has 0 bridgehead atoms. The van der Waals surface area contributed by atoms with Gasteiger partial charge in [-0.05, 0) is 37.5 Å². The summed E-state index contributed by atoms with van der Waals surface area (Å²) in [6, 6.07) is 7.80. The second-order valence-electron chi connectivity index (χ2n) is 4.45. The molecule has 0 aliphatic heterocycles. The van der Waals surface area contributed by atoms with Crippen molar-refractivity contribution in [2.75, 3.05) is 11.9 Å². The molecule has 0 saturated carbocycles. The Bertz CT molecular complexity index is 417. The molecule has 92 valence electrons. The molecule has 0 radical (unpaired) electrons. The summed E-state index contributed by atoms with van der Waals surface area (Å²) in [7, 11) is 0. The van der Waals surface area contributed by atoms with Crippen molar-refractivity contribution in [3.05, 3.63) is 29.3 Å². The number of nitrogens with zero attached hydrogens (tertiary/aromatic N) is 1. The molecule has 3 heteroatoms. The fraction of sp³-hybridized carbons (Fsp3) is 0.500. The molecule has 0 spiro atoms. The number of aliphatic hydroxyl groups is 1. The van der Waals surface area contributed by atoms with E-state index in [4.69, 9.17) is 5.26 Å². The van der Waals surface area contributed by atoms with E-state index in [1.807, 2.05) is 32.9 Å². The van der Waals surface area contributed by atoms with E-state index in [0.717, 1.165) is 11.3 Å². The molecule has 0 amide bonds. The first-order chi connectivity index (χ1) is 8.04. The number of benzene rings is 1. The van der Waals surface area contributed by atoms with Gasteiger partial charge in [0.2, 0.25) is 0 Å². The highest BCUT2D eigenvalue weighted by molar-refractivity contribution is 5.58. The van der Waals surface area contributed by atoms with Gasteiger partial charge in [0.25, 0.3) is 0 Å². The van der Waals surface area contributed by atoms with Crippen LogP contribution in [0.4, 0.5) is 5.69 Å². The smallest absolute Gasteiger partial charge is 0.101 e. The Kier molecular flexibility index (Phi) is 4.53. The molecule has 0 aliphatic carbocycles. The van der Waals surface area contributed by atoms with E-state index >= 15 is 0 Å². The molecular formula is C14H20N2O. The lowest BCUT2D eigenvalue weighted by Gasteiger charge is -2.26. The Labute approximate surface area is 103 Å². The predicted molar refractivity (Wildman–Crippen MR) is 69.9 cm³/mol. The summed E-state index contributed by atoms with van der Waals surface area (Å²) in [5.74, 6) is 0. The monoisotopic (exact) mass is 232 g/mol. The summed E-state index contributed by atoms with van der Waals surface area (Å²) in [6.07, 6.45) is 1.40. The van der Waals surface area contributed by atoms with Gasteiger partial charge in [0.1, 0.15) is 6.07 Å². The second-order valence-corrected chi connectivity index (χ2v) is 4.45. The van der Waals surface area contributed by atoms with Crippen molar-refractivity contribution < 1.29 is 5.11 Å². The third kappa shape index (κ3) is 3.47. The normalized spacial score (nSPS) is 11.0. The SMILES string of the molecule is CCC(O)(CC)CNc1cc(C)ccc1C#N. The summed E-state index contributed by atoms with van der Waals surface area (Å²) in [4.78, 5) is 0. The maximum Gasteiger partial charge on any atom is 0.101 e. The maximum absolute atomic E-state index is 10.2. The van der Waals surface area contributed by atoms with Crippen LogP contribution in [0.25, 0.3) is 0 Å².